The number of hydrogen-bond acceptors (Lipinski definition) is 4. The molecule has 0 unspecified atom stereocenters. The van der Waals surface area contributed by atoms with Crippen molar-refractivity contribution in [3.8, 4) is 0 Å². The van der Waals surface area contributed by atoms with E-state index in [0.717, 1.165) is 38.9 Å². The molecule has 0 N–H and O–H groups in total. The zero-order valence-corrected chi connectivity index (χ0v) is 17.0. The molecule has 0 saturated carbocycles. The van der Waals surface area contributed by atoms with Crippen LogP contribution in [0.4, 0.5) is 4.39 Å². The molecule has 4 rings (SSSR count). The molecule has 0 radical (unpaired) electrons. The van der Waals surface area contributed by atoms with Gasteiger partial charge in [0.15, 0.2) is 0 Å². The van der Waals surface area contributed by atoms with E-state index in [-0.39, 0.29) is 17.8 Å². The minimum absolute atomic E-state index is 0.113. The number of piperidine rings is 1. The molecule has 6 heteroatoms. The first-order valence-electron chi connectivity index (χ1n) is 10.9. The molecule has 5 nitrogen and oxygen atoms in total. The largest absolute Gasteiger partial charge is 0.443 e. The summed E-state index contributed by atoms with van der Waals surface area (Å²) in [5.41, 5.74) is 0.591. The van der Waals surface area contributed by atoms with Crippen LogP contribution >= 0.6 is 0 Å². The number of benzene rings is 1. The number of halogens is 1. The number of aromatic nitrogens is 1. The highest BCUT2D eigenvalue weighted by Crippen LogP contribution is 2.31. The molecule has 2 aliphatic heterocycles. The van der Waals surface area contributed by atoms with Gasteiger partial charge in [-0.3, -0.25) is 9.69 Å². The molecule has 3 heterocycles. The van der Waals surface area contributed by atoms with Crippen LogP contribution in [0.5, 0.6) is 0 Å². The second-order valence-corrected chi connectivity index (χ2v) is 8.22. The fraction of sp³-hybridized carbons (Fsp3) is 0.565. The number of carbonyl (C=O) groups is 1. The summed E-state index contributed by atoms with van der Waals surface area (Å²) in [6.45, 7) is 3.26. The third-order valence-electron chi connectivity index (χ3n) is 6.06. The van der Waals surface area contributed by atoms with E-state index >= 15 is 0 Å². The molecule has 0 bridgehead atoms. The van der Waals surface area contributed by atoms with Crippen molar-refractivity contribution in [3.63, 3.8) is 0 Å². The number of amides is 1. The minimum Gasteiger partial charge on any atom is -0.443 e. The highest BCUT2D eigenvalue weighted by Gasteiger charge is 2.32. The molecule has 29 heavy (non-hydrogen) atoms. The Balaban J connectivity index is 1.44. The van der Waals surface area contributed by atoms with Gasteiger partial charge < -0.3 is 9.32 Å². The number of rotatable bonds is 5. The van der Waals surface area contributed by atoms with Gasteiger partial charge in [-0.25, -0.2) is 9.37 Å². The molecular weight excluding hydrogens is 369 g/mol. The van der Waals surface area contributed by atoms with Crippen molar-refractivity contribution in [2.24, 2.45) is 0 Å². The topological polar surface area (TPSA) is 49.6 Å². The van der Waals surface area contributed by atoms with E-state index in [1.807, 2.05) is 11.0 Å². The predicted molar refractivity (Wildman–Crippen MR) is 109 cm³/mol. The Kier molecular flexibility index (Phi) is 6.60. The Morgan fingerprint density at radius 2 is 1.83 bits per heavy atom. The molecule has 1 amide bonds. The molecule has 1 aromatic carbocycles. The summed E-state index contributed by atoms with van der Waals surface area (Å²) in [4.78, 5) is 21.8. The normalized spacial score (nSPS) is 21.1. The van der Waals surface area contributed by atoms with Gasteiger partial charge in [0, 0.05) is 13.0 Å². The third kappa shape index (κ3) is 5.04. The van der Waals surface area contributed by atoms with Gasteiger partial charge in [-0.2, -0.15) is 0 Å². The number of nitrogens with zero attached hydrogens (tertiary/aromatic N) is 3. The molecule has 0 aliphatic carbocycles. The highest BCUT2D eigenvalue weighted by atomic mass is 19.1. The molecule has 2 fully saturated rings. The van der Waals surface area contributed by atoms with Crippen LogP contribution in [0.1, 0.15) is 68.2 Å². The lowest BCUT2D eigenvalue weighted by atomic mass is 10.0. The van der Waals surface area contributed by atoms with Gasteiger partial charge in [-0.1, -0.05) is 31.0 Å². The lowest BCUT2D eigenvalue weighted by molar-refractivity contribution is -0.136. The second kappa shape index (κ2) is 9.53. The van der Waals surface area contributed by atoms with Gasteiger partial charge in [0.1, 0.15) is 17.6 Å². The molecule has 2 aliphatic rings. The van der Waals surface area contributed by atoms with Crippen molar-refractivity contribution >= 4 is 5.91 Å². The zero-order valence-electron chi connectivity index (χ0n) is 17.0. The van der Waals surface area contributed by atoms with Crippen LogP contribution in [0.25, 0.3) is 0 Å². The van der Waals surface area contributed by atoms with Crippen molar-refractivity contribution in [2.75, 3.05) is 26.2 Å². The summed E-state index contributed by atoms with van der Waals surface area (Å²) in [5, 5.41) is 0. The van der Waals surface area contributed by atoms with Crippen LogP contribution in [0.15, 0.2) is 34.9 Å². The third-order valence-corrected chi connectivity index (χ3v) is 6.06. The molecule has 0 spiro atoms. The zero-order chi connectivity index (χ0) is 20.1. The van der Waals surface area contributed by atoms with Crippen molar-refractivity contribution in [3.05, 3.63) is 53.5 Å². The monoisotopic (exact) mass is 399 g/mol. The first-order valence-corrected chi connectivity index (χ1v) is 10.9. The quantitative estimate of drug-likeness (QED) is 0.751. The predicted octanol–water partition coefficient (Wildman–Crippen LogP) is 4.33. The number of likely N-dealkylation sites (tertiary alicyclic amines) is 2. The first kappa shape index (κ1) is 20.1. The Morgan fingerprint density at radius 3 is 2.62 bits per heavy atom. The first-order chi connectivity index (χ1) is 14.2. The van der Waals surface area contributed by atoms with E-state index in [0.29, 0.717) is 30.2 Å². The Morgan fingerprint density at radius 1 is 1.07 bits per heavy atom. The summed E-state index contributed by atoms with van der Waals surface area (Å²) >= 11 is 0. The van der Waals surface area contributed by atoms with Crippen LogP contribution in [0.3, 0.4) is 0 Å². The SMILES string of the molecule is O=C(CN1CCCCCC1)N1CCCC[C@@H]1c1ncc(Cc2ccccc2F)o1. The highest BCUT2D eigenvalue weighted by molar-refractivity contribution is 5.78. The number of oxazole rings is 1. The van der Waals surface area contributed by atoms with Crippen LogP contribution in [-0.4, -0.2) is 46.9 Å². The second-order valence-electron chi connectivity index (χ2n) is 8.22. The molecule has 2 saturated heterocycles. The van der Waals surface area contributed by atoms with Crippen molar-refractivity contribution in [1.29, 1.82) is 0 Å². The lowest BCUT2D eigenvalue weighted by Gasteiger charge is -2.35. The molecule has 1 aromatic heterocycles. The molecule has 1 atom stereocenters. The van der Waals surface area contributed by atoms with Crippen molar-refractivity contribution < 1.29 is 13.6 Å². The Bertz CT molecular complexity index is 814. The summed E-state index contributed by atoms with van der Waals surface area (Å²) < 4.78 is 19.9. The van der Waals surface area contributed by atoms with Gasteiger partial charge in [-0.05, 0) is 56.8 Å². The van der Waals surface area contributed by atoms with Crippen molar-refractivity contribution in [2.45, 2.75) is 57.4 Å². The van der Waals surface area contributed by atoms with Gasteiger partial charge in [-0.15, -0.1) is 0 Å². The fourth-order valence-electron chi connectivity index (χ4n) is 4.45. The lowest BCUT2D eigenvalue weighted by Crippen LogP contribution is -2.44. The summed E-state index contributed by atoms with van der Waals surface area (Å²) in [5.74, 6) is 1.15. The standard InChI is InChI=1S/C23H30FN3O2/c24-20-10-4-3-9-18(20)15-19-16-25-23(29-19)21-11-5-8-14-27(21)22(28)17-26-12-6-1-2-7-13-26/h3-4,9-10,16,21H,1-2,5-8,11-15,17H2/t21-/m1/s1. The smallest absolute Gasteiger partial charge is 0.237 e. The van der Waals surface area contributed by atoms with Crippen molar-refractivity contribution in [1.82, 2.24) is 14.8 Å². The molecule has 156 valence electrons. The minimum atomic E-state index is -0.239. The van der Waals surface area contributed by atoms with Crippen LogP contribution in [-0.2, 0) is 11.2 Å². The van der Waals surface area contributed by atoms with Gasteiger partial charge >= 0.3 is 0 Å². The number of carbonyl (C=O) groups excluding carboxylic acids is 1. The van der Waals surface area contributed by atoms with E-state index in [1.165, 1.54) is 31.7 Å². The average molecular weight is 400 g/mol. The van der Waals surface area contributed by atoms with Gasteiger partial charge in [0.2, 0.25) is 11.8 Å². The fourth-order valence-corrected chi connectivity index (χ4v) is 4.45. The van der Waals surface area contributed by atoms with E-state index in [9.17, 15) is 9.18 Å². The van der Waals surface area contributed by atoms with Crippen LogP contribution < -0.4 is 0 Å². The molecular formula is C23H30FN3O2. The van der Waals surface area contributed by atoms with Gasteiger partial charge in [0.25, 0.3) is 0 Å². The van der Waals surface area contributed by atoms with Crippen LogP contribution in [0.2, 0.25) is 0 Å². The summed E-state index contributed by atoms with van der Waals surface area (Å²) in [6, 6.07) is 6.60. The Labute approximate surface area is 171 Å². The Hall–Kier alpha value is -2.21. The van der Waals surface area contributed by atoms with Crippen LogP contribution in [0, 0.1) is 5.82 Å². The number of hydrogen-bond donors (Lipinski definition) is 0. The van der Waals surface area contributed by atoms with E-state index in [2.05, 4.69) is 9.88 Å². The van der Waals surface area contributed by atoms with E-state index in [1.54, 1.807) is 18.3 Å². The summed E-state index contributed by atoms with van der Waals surface area (Å²) in [7, 11) is 0. The maximum absolute atomic E-state index is 13.9. The molecule has 2 aromatic rings. The summed E-state index contributed by atoms with van der Waals surface area (Å²) in [6.07, 6.45) is 9.86. The van der Waals surface area contributed by atoms with Gasteiger partial charge in [0.05, 0.1) is 12.7 Å². The maximum Gasteiger partial charge on any atom is 0.237 e. The van der Waals surface area contributed by atoms with E-state index in [4.69, 9.17) is 4.42 Å². The average Bonchev–Trinajstić information content (AvgIpc) is 3.05. The van der Waals surface area contributed by atoms with E-state index < -0.39 is 0 Å². The maximum atomic E-state index is 13.9.